The van der Waals surface area contributed by atoms with Crippen molar-refractivity contribution in [2.75, 3.05) is 14.2 Å². The molecule has 0 aliphatic rings. The number of fused-ring (bicyclic) bond motifs is 1. The standard InChI is InChI=1S/C19H16O6/c1-23-17-8-6-13-15(21)10-12(25-18(13)19(17)24-2)5-3-11-4-7-14(20)16(22)9-11/h3-10,20,22H,1-2H3/b5-3+. The topological polar surface area (TPSA) is 89.1 Å². The van der Waals surface area contributed by atoms with Gasteiger partial charge in [-0.15, -0.1) is 0 Å². The third-order valence-corrected chi connectivity index (χ3v) is 3.70. The smallest absolute Gasteiger partial charge is 0.204 e. The molecular formula is C19H16O6. The molecule has 3 rings (SSSR count). The summed E-state index contributed by atoms with van der Waals surface area (Å²) in [5.41, 5.74) is 0.716. The van der Waals surface area contributed by atoms with Gasteiger partial charge >= 0.3 is 0 Å². The van der Waals surface area contributed by atoms with Gasteiger partial charge in [0, 0.05) is 6.07 Å². The molecule has 2 N–H and O–H groups in total. The Kier molecular flexibility index (Phi) is 4.35. The van der Waals surface area contributed by atoms with Crippen molar-refractivity contribution >= 4 is 23.1 Å². The Bertz CT molecular complexity index is 1020. The molecule has 2 aromatic carbocycles. The summed E-state index contributed by atoms with van der Waals surface area (Å²) in [6.45, 7) is 0. The predicted octanol–water partition coefficient (Wildman–Crippen LogP) is 3.39. The van der Waals surface area contributed by atoms with Crippen LogP contribution in [0, 0.1) is 0 Å². The Morgan fingerprint density at radius 3 is 2.44 bits per heavy atom. The fraction of sp³-hybridized carbons (Fsp3) is 0.105. The van der Waals surface area contributed by atoms with E-state index in [4.69, 9.17) is 13.9 Å². The number of phenolic OH excluding ortho intramolecular Hbond substituents is 2. The zero-order chi connectivity index (χ0) is 18.0. The summed E-state index contributed by atoms with van der Waals surface area (Å²) in [5, 5.41) is 19.2. The van der Waals surface area contributed by atoms with E-state index < -0.39 is 0 Å². The maximum Gasteiger partial charge on any atom is 0.204 e. The number of rotatable bonds is 4. The van der Waals surface area contributed by atoms with Gasteiger partial charge in [0.15, 0.2) is 28.3 Å². The molecule has 25 heavy (non-hydrogen) atoms. The van der Waals surface area contributed by atoms with Crippen molar-refractivity contribution in [3.05, 3.63) is 57.9 Å². The highest BCUT2D eigenvalue weighted by molar-refractivity contribution is 5.86. The highest BCUT2D eigenvalue weighted by atomic mass is 16.5. The zero-order valence-corrected chi connectivity index (χ0v) is 13.6. The van der Waals surface area contributed by atoms with Crippen molar-refractivity contribution in [2.45, 2.75) is 0 Å². The Labute approximate surface area is 143 Å². The molecule has 1 heterocycles. The maximum atomic E-state index is 12.3. The first-order valence-electron chi connectivity index (χ1n) is 7.42. The van der Waals surface area contributed by atoms with E-state index in [1.54, 1.807) is 30.4 Å². The fourth-order valence-electron chi connectivity index (χ4n) is 2.45. The minimum Gasteiger partial charge on any atom is -0.504 e. The number of aromatic hydroxyl groups is 2. The van der Waals surface area contributed by atoms with Crippen LogP contribution in [0.3, 0.4) is 0 Å². The third-order valence-electron chi connectivity index (χ3n) is 3.70. The number of methoxy groups -OCH3 is 2. The lowest BCUT2D eigenvalue weighted by Crippen LogP contribution is -2.02. The van der Waals surface area contributed by atoms with E-state index in [-0.39, 0.29) is 16.9 Å². The Morgan fingerprint density at radius 2 is 1.76 bits per heavy atom. The summed E-state index contributed by atoms with van der Waals surface area (Å²) >= 11 is 0. The quantitative estimate of drug-likeness (QED) is 0.708. The SMILES string of the molecule is COc1ccc2c(=O)cc(/C=C/c3ccc(O)c(O)c3)oc2c1OC. The first-order valence-corrected chi connectivity index (χ1v) is 7.42. The van der Waals surface area contributed by atoms with Gasteiger partial charge < -0.3 is 24.1 Å². The molecule has 3 aromatic rings. The summed E-state index contributed by atoms with van der Waals surface area (Å²) in [6.07, 6.45) is 3.24. The molecule has 0 amide bonds. The molecule has 0 radical (unpaired) electrons. The molecule has 0 unspecified atom stereocenters. The molecule has 0 saturated heterocycles. The average Bonchev–Trinajstić information content (AvgIpc) is 2.61. The van der Waals surface area contributed by atoms with Gasteiger partial charge in [-0.2, -0.15) is 0 Å². The molecule has 0 aliphatic carbocycles. The van der Waals surface area contributed by atoms with Gasteiger partial charge in [0.05, 0.1) is 19.6 Å². The van der Waals surface area contributed by atoms with E-state index in [0.29, 0.717) is 33.8 Å². The van der Waals surface area contributed by atoms with Crippen LogP contribution in [0.2, 0.25) is 0 Å². The van der Waals surface area contributed by atoms with Crippen LogP contribution < -0.4 is 14.9 Å². The van der Waals surface area contributed by atoms with Crippen molar-refractivity contribution in [2.24, 2.45) is 0 Å². The van der Waals surface area contributed by atoms with Gasteiger partial charge in [0.2, 0.25) is 5.75 Å². The molecule has 1 aromatic heterocycles. The zero-order valence-electron chi connectivity index (χ0n) is 13.6. The highest BCUT2D eigenvalue weighted by Crippen LogP contribution is 2.34. The molecule has 6 nitrogen and oxygen atoms in total. The molecule has 0 saturated carbocycles. The minimum absolute atomic E-state index is 0.203. The third kappa shape index (κ3) is 3.14. The van der Waals surface area contributed by atoms with E-state index >= 15 is 0 Å². The van der Waals surface area contributed by atoms with Gasteiger partial charge in [-0.25, -0.2) is 0 Å². The van der Waals surface area contributed by atoms with E-state index in [1.807, 2.05) is 0 Å². The average molecular weight is 340 g/mol. The second kappa shape index (κ2) is 6.60. The van der Waals surface area contributed by atoms with Crippen LogP contribution >= 0.6 is 0 Å². The Hall–Kier alpha value is -3.41. The first kappa shape index (κ1) is 16.4. The number of phenols is 2. The number of ether oxygens (including phenoxy) is 2. The molecular weight excluding hydrogens is 324 g/mol. The van der Waals surface area contributed by atoms with Crippen LogP contribution in [-0.2, 0) is 0 Å². The Morgan fingerprint density at radius 1 is 0.960 bits per heavy atom. The summed E-state index contributed by atoms with van der Waals surface area (Å²) in [7, 11) is 2.97. The van der Waals surface area contributed by atoms with Gasteiger partial charge in [0.25, 0.3) is 0 Å². The predicted molar refractivity (Wildman–Crippen MR) is 94.3 cm³/mol. The van der Waals surface area contributed by atoms with Crippen molar-refractivity contribution in [3.63, 3.8) is 0 Å². The van der Waals surface area contributed by atoms with E-state index in [9.17, 15) is 15.0 Å². The normalized spacial score (nSPS) is 11.1. The lowest BCUT2D eigenvalue weighted by Gasteiger charge is -2.09. The van der Waals surface area contributed by atoms with Crippen LogP contribution in [0.25, 0.3) is 23.1 Å². The second-order valence-electron chi connectivity index (χ2n) is 5.27. The molecule has 0 aliphatic heterocycles. The fourth-order valence-corrected chi connectivity index (χ4v) is 2.45. The first-order chi connectivity index (χ1) is 12.0. The van der Waals surface area contributed by atoms with Crippen LogP contribution in [0.15, 0.2) is 45.6 Å². The van der Waals surface area contributed by atoms with Gasteiger partial charge in [0.1, 0.15) is 5.76 Å². The molecule has 6 heteroatoms. The number of benzene rings is 2. The summed E-state index contributed by atoms with van der Waals surface area (Å²) in [6, 6.07) is 9.02. The van der Waals surface area contributed by atoms with E-state index in [0.717, 1.165) is 0 Å². The number of hydrogen-bond acceptors (Lipinski definition) is 6. The van der Waals surface area contributed by atoms with Crippen LogP contribution in [0.5, 0.6) is 23.0 Å². The monoisotopic (exact) mass is 340 g/mol. The molecule has 0 spiro atoms. The summed E-state index contributed by atoms with van der Waals surface area (Å²) < 4.78 is 16.3. The lowest BCUT2D eigenvalue weighted by molar-refractivity contribution is 0.352. The Balaban J connectivity index is 2.09. The van der Waals surface area contributed by atoms with Crippen LogP contribution in [0.1, 0.15) is 11.3 Å². The molecule has 0 bridgehead atoms. The largest absolute Gasteiger partial charge is 0.504 e. The molecule has 0 fully saturated rings. The van der Waals surface area contributed by atoms with Crippen LogP contribution in [0.4, 0.5) is 0 Å². The highest BCUT2D eigenvalue weighted by Gasteiger charge is 2.14. The van der Waals surface area contributed by atoms with Crippen molar-refractivity contribution in [1.29, 1.82) is 0 Å². The number of hydrogen-bond donors (Lipinski definition) is 2. The summed E-state index contributed by atoms with van der Waals surface area (Å²) in [4.78, 5) is 12.3. The van der Waals surface area contributed by atoms with Crippen molar-refractivity contribution in [3.8, 4) is 23.0 Å². The van der Waals surface area contributed by atoms with Gasteiger partial charge in [-0.3, -0.25) is 4.79 Å². The van der Waals surface area contributed by atoms with Crippen molar-refractivity contribution in [1.82, 2.24) is 0 Å². The van der Waals surface area contributed by atoms with Gasteiger partial charge in [-0.1, -0.05) is 12.1 Å². The summed E-state index contributed by atoms with van der Waals surface area (Å²) in [5.74, 6) is 0.689. The van der Waals surface area contributed by atoms with Crippen LogP contribution in [-0.4, -0.2) is 24.4 Å². The van der Waals surface area contributed by atoms with Crippen molar-refractivity contribution < 1.29 is 24.1 Å². The van der Waals surface area contributed by atoms with E-state index in [2.05, 4.69) is 0 Å². The molecule has 128 valence electrons. The maximum absolute atomic E-state index is 12.3. The lowest BCUT2D eigenvalue weighted by atomic mass is 10.1. The van der Waals surface area contributed by atoms with Gasteiger partial charge in [-0.05, 0) is 35.9 Å². The minimum atomic E-state index is -0.228. The van der Waals surface area contributed by atoms with E-state index in [1.165, 1.54) is 32.4 Å². The molecule has 0 atom stereocenters. The second-order valence-corrected chi connectivity index (χ2v) is 5.27.